The molecule has 272 valence electrons. The lowest BCUT2D eigenvalue weighted by Gasteiger charge is -2.42. The molecule has 3 heterocycles. The van der Waals surface area contributed by atoms with Gasteiger partial charge in [-0.3, -0.25) is 29.0 Å². The molecule has 13 heteroatoms. The van der Waals surface area contributed by atoms with Crippen LogP contribution in [0.15, 0.2) is 59.6 Å². The first-order chi connectivity index (χ1) is 24.7. The van der Waals surface area contributed by atoms with E-state index in [-0.39, 0.29) is 80.4 Å². The van der Waals surface area contributed by atoms with Crippen molar-refractivity contribution in [3.05, 3.63) is 71.3 Å². The molecule has 13 nitrogen and oxygen atoms in total. The van der Waals surface area contributed by atoms with Crippen LogP contribution in [-0.4, -0.2) is 88.6 Å². The van der Waals surface area contributed by atoms with E-state index in [0.29, 0.717) is 25.7 Å². The van der Waals surface area contributed by atoms with Gasteiger partial charge in [0.15, 0.2) is 5.96 Å². The van der Waals surface area contributed by atoms with Gasteiger partial charge < -0.3 is 37.2 Å². The Morgan fingerprint density at radius 3 is 2.41 bits per heavy atom. The Labute approximate surface area is 299 Å². The van der Waals surface area contributed by atoms with Crippen molar-refractivity contribution in [2.75, 3.05) is 13.1 Å². The maximum absolute atomic E-state index is 14.9. The van der Waals surface area contributed by atoms with Crippen LogP contribution in [0.2, 0.25) is 0 Å². The van der Waals surface area contributed by atoms with Crippen molar-refractivity contribution in [2.24, 2.45) is 22.4 Å². The number of amides is 5. The van der Waals surface area contributed by atoms with E-state index in [9.17, 15) is 24.0 Å². The highest BCUT2D eigenvalue weighted by molar-refractivity contribution is 5.97. The number of hydrogen-bond donors (Lipinski definition) is 5. The van der Waals surface area contributed by atoms with Crippen LogP contribution >= 0.6 is 0 Å². The van der Waals surface area contributed by atoms with Gasteiger partial charge in [0.25, 0.3) is 0 Å². The average molecular weight is 699 g/mol. The summed E-state index contributed by atoms with van der Waals surface area (Å²) in [6.45, 7) is 0.548. The Kier molecular flexibility index (Phi) is 11.5. The Hall–Kier alpha value is -4.94. The van der Waals surface area contributed by atoms with Gasteiger partial charge in [-0.2, -0.15) is 0 Å². The summed E-state index contributed by atoms with van der Waals surface area (Å²) in [5.41, 5.74) is 13.9. The number of carbonyl (C=O) groups is 5. The SMILES string of the molecule is NC(N)=NCCC[C@@H]1NC(=O)[C@@H]2C[C@@H]3CCCC[C@@H]3N2C(=O)[C@H]2Cc3ccccc3CN2C(=O)[C@@H](NC(=O)CCc2ccccc2)CCNC1=O. The Morgan fingerprint density at radius 1 is 0.882 bits per heavy atom. The van der Waals surface area contributed by atoms with E-state index in [0.717, 1.165) is 42.4 Å². The minimum atomic E-state index is -0.983. The van der Waals surface area contributed by atoms with Crippen LogP contribution in [0.3, 0.4) is 0 Å². The van der Waals surface area contributed by atoms with Gasteiger partial charge in [0.05, 0.1) is 0 Å². The normalized spacial score (nSPS) is 26.7. The van der Waals surface area contributed by atoms with Crippen LogP contribution in [0, 0.1) is 5.92 Å². The second-order valence-electron chi connectivity index (χ2n) is 14.3. The van der Waals surface area contributed by atoms with Gasteiger partial charge in [-0.05, 0) is 67.6 Å². The van der Waals surface area contributed by atoms with Crippen molar-refractivity contribution in [3.63, 3.8) is 0 Å². The number of benzene rings is 2. The lowest BCUT2D eigenvalue weighted by atomic mass is 9.84. The van der Waals surface area contributed by atoms with Gasteiger partial charge in [-0.25, -0.2) is 0 Å². The molecule has 4 aliphatic rings. The van der Waals surface area contributed by atoms with E-state index >= 15 is 0 Å². The Morgan fingerprint density at radius 2 is 1.63 bits per heavy atom. The molecule has 1 saturated carbocycles. The van der Waals surface area contributed by atoms with Crippen molar-refractivity contribution in [3.8, 4) is 0 Å². The first-order valence-corrected chi connectivity index (χ1v) is 18.4. The molecule has 0 unspecified atom stereocenters. The van der Waals surface area contributed by atoms with Gasteiger partial charge in [-0.15, -0.1) is 0 Å². The summed E-state index contributed by atoms with van der Waals surface area (Å²) >= 11 is 0. The highest BCUT2D eigenvalue weighted by atomic mass is 16.2. The van der Waals surface area contributed by atoms with Crippen molar-refractivity contribution >= 4 is 35.5 Å². The van der Waals surface area contributed by atoms with E-state index in [1.54, 1.807) is 9.80 Å². The first-order valence-electron chi connectivity index (χ1n) is 18.4. The second-order valence-corrected chi connectivity index (χ2v) is 14.3. The van der Waals surface area contributed by atoms with Gasteiger partial charge in [0.1, 0.15) is 24.2 Å². The van der Waals surface area contributed by atoms with Crippen molar-refractivity contribution in [2.45, 2.75) is 107 Å². The number of nitrogens with one attached hydrogen (secondary N) is 3. The lowest BCUT2D eigenvalue weighted by molar-refractivity contribution is -0.153. The van der Waals surface area contributed by atoms with Crippen molar-refractivity contribution in [1.29, 1.82) is 0 Å². The Bertz CT molecular complexity index is 1630. The molecule has 0 aromatic heterocycles. The van der Waals surface area contributed by atoms with Crippen LogP contribution in [0.1, 0.15) is 74.5 Å². The molecule has 5 amide bonds. The van der Waals surface area contributed by atoms with E-state index in [2.05, 4.69) is 20.9 Å². The predicted octanol–water partition coefficient (Wildman–Crippen LogP) is 1.28. The van der Waals surface area contributed by atoms with Crippen LogP contribution < -0.4 is 27.4 Å². The van der Waals surface area contributed by atoms with E-state index in [4.69, 9.17) is 11.5 Å². The van der Waals surface area contributed by atoms with Crippen molar-refractivity contribution < 1.29 is 24.0 Å². The molecule has 0 radical (unpaired) electrons. The predicted molar refractivity (Wildman–Crippen MR) is 192 cm³/mol. The van der Waals surface area contributed by atoms with Gasteiger partial charge in [0.2, 0.25) is 29.5 Å². The largest absolute Gasteiger partial charge is 0.370 e. The number of hydrogen-bond acceptors (Lipinski definition) is 6. The summed E-state index contributed by atoms with van der Waals surface area (Å²) in [5, 5.41) is 8.83. The average Bonchev–Trinajstić information content (AvgIpc) is 3.53. The number of guanidine groups is 1. The highest BCUT2D eigenvalue weighted by Crippen LogP contribution is 2.41. The molecule has 2 aromatic carbocycles. The number of rotatable bonds is 8. The third kappa shape index (κ3) is 8.51. The zero-order valence-electron chi connectivity index (χ0n) is 29.1. The van der Waals surface area contributed by atoms with Crippen LogP contribution in [0.25, 0.3) is 0 Å². The molecule has 1 aliphatic carbocycles. The van der Waals surface area contributed by atoms with Crippen LogP contribution in [-0.2, 0) is 43.4 Å². The smallest absolute Gasteiger partial charge is 0.246 e. The summed E-state index contributed by atoms with van der Waals surface area (Å²) in [6.07, 6.45) is 5.96. The summed E-state index contributed by atoms with van der Waals surface area (Å²) in [5.74, 6) is -1.61. The molecular weight excluding hydrogens is 648 g/mol. The fourth-order valence-corrected chi connectivity index (χ4v) is 8.29. The Balaban J connectivity index is 1.32. The fraction of sp³-hybridized carbons (Fsp3) is 0.526. The van der Waals surface area contributed by atoms with Gasteiger partial charge >= 0.3 is 0 Å². The van der Waals surface area contributed by atoms with Gasteiger partial charge in [-0.1, -0.05) is 67.4 Å². The van der Waals surface area contributed by atoms with E-state index in [1.165, 1.54) is 0 Å². The zero-order valence-corrected chi connectivity index (χ0v) is 29.1. The molecule has 3 aliphatic heterocycles. The molecule has 6 atom stereocenters. The summed E-state index contributed by atoms with van der Waals surface area (Å²) in [4.78, 5) is 78.1. The number of aliphatic imine (C=N–C) groups is 1. The maximum atomic E-state index is 14.9. The quantitative estimate of drug-likeness (QED) is 0.156. The fourth-order valence-electron chi connectivity index (χ4n) is 8.29. The van der Waals surface area contributed by atoms with Crippen molar-refractivity contribution in [1.82, 2.24) is 25.8 Å². The summed E-state index contributed by atoms with van der Waals surface area (Å²) in [6, 6.07) is 13.8. The van der Waals surface area contributed by atoms with E-state index < -0.39 is 30.1 Å². The van der Waals surface area contributed by atoms with Gasteiger partial charge in [0, 0.05) is 38.5 Å². The topological polar surface area (TPSA) is 192 Å². The van der Waals surface area contributed by atoms with E-state index in [1.807, 2.05) is 54.6 Å². The van der Waals surface area contributed by atoms with Crippen LogP contribution in [0.5, 0.6) is 0 Å². The minimum absolute atomic E-state index is 0.0573. The first kappa shape index (κ1) is 35.9. The summed E-state index contributed by atoms with van der Waals surface area (Å²) < 4.78 is 0. The third-order valence-corrected chi connectivity index (χ3v) is 10.9. The monoisotopic (exact) mass is 698 g/mol. The molecule has 2 aromatic rings. The molecule has 0 bridgehead atoms. The summed E-state index contributed by atoms with van der Waals surface area (Å²) in [7, 11) is 0. The number of carbonyl (C=O) groups excluding carboxylic acids is 5. The number of aryl methyl sites for hydroxylation is 1. The zero-order chi connectivity index (χ0) is 35.9. The molecule has 7 N–H and O–H groups in total. The third-order valence-electron chi connectivity index (χ3n) is 10.9. The molecule has 3 fully saturated rings. The lowest BCUT2D eigenvalue weighted by Crippen LogP contribution is -2.62. The highest BCUT2D eigenvalue weighted by Gasteiger charge is 2.51. The molecule has 2 saturated heterocycles. The number of fused-ring (bicyclic) bond motifs is 5. The standard InChI is InChI=1S/C38H50N8O5/c39-38(40)42-19-8-14-28-34(48)41-20-18-29(43-33(47)17-16-24-9-2-1-3-10-24)36(50)45-23-27-13-5-4-11-25(27)21-32(45)37(51)46-30-15-7-6-12-26(30)22-31(46)35(49)44-28/h1-5,9-11,13,26,28-32H,6-8,12,14-23H2,(H,41,48)(H,43,47)(H,44,49)(H4,39,40,42)/t26-,28-,29-,30-,31-,32+/m0/s1. The molecule has 6 rings (SSSR count). The number of nitrogens with zero attached hydrogens (tertiary/aromatic N) is 3. The second kappa shape index (κ2) is 16.4. The number of nitrogens with two attached hydrogens (primary N) is 2. The maximum Gasteiger partial charge on any atom is 0.246 e. The molecule has 51 heavy (non-hydrogen) atoms. The molecular formula is C38H50N8O5. The molecule has 0 spiro atoms. The minimum Gasteiger partial charge on any atom is -0.370 e. The van der Waals surface area contributed by atoms with Crippen LogP contribution in [0.4, 0.5) is 0 Å².